The lowest BCUT2D eigenvalue weighted by atomic mass is 9.85. The molecule has 0 N–H and O–H groups in total. The average Bonchev–Trinajstić information content (AvgIpc) is 2.32. The van der Waals surface area contributed by atoms with Gasteiger partial charge >= 0.3 is 29.8 Å². The van der Waals surface area contributed by atoms with Gasteiger partial charge in [-0.15, -0.1) is 0 Å². The molecule has 0 rings (SSSR count). The molecule has 1 nitrogen and oxygen atoms in total. The summed E-state index contributed by atoms with van der Waals surface area (Å²) in [5.41, 5.74) is -7.01. The van der Waals surface area contributed by atoms with Crippen molar-refractivity contribution in [1.29, 1.82) is 0 Å². The van der Waals surface area contributed by atoms with Gasteiger partial charge in [0.1, 0.15) is 0 Å². The van der Waals surface area contributed by atoms with Crippen LogP contribution in [0.5, 0.6) is 0 Å². The summed E-state index contributed by atoms with van der Waals surface area (Å²) < 4.78 is 165. The second-order valence-electron chi connectivity index (χ2n) is 3.82. The zero-order valence-corrected chi connectivity index (χ0v) is 9.98. The molecule has 0 aliphatic carbocycles. The molecule has 0 aromatic heterocycles. The van der Waals surface area contributed by atoms with Crippen LogP contribution in [0, 0.1) is 0 Å². The first-order chi connectivity index (χ1) is 9.41. The van der Waals surface area contributed by atoms with Crippen molar-refractivity contribution in [1.82, 2.24) is 0 Å². The number of methoxy groups -OCH3 is 1. The first-order valence-electron chi connectivity index (χ1n) is 4.78. The Morgan fingerprint density at radius 3 is 1.23 bits per heavy atom. The van der Waals surface area contributed by atoms with Gasteiger partial charge in [0.05, 0.1) is 0 Å². The predicted molar refractivity (Wildman–Crippen MR) is 42.6 cm³/mol. The Morgan fingerprint density at radius 1 is 0.682 bits per heavy atom. The van der Waals surface area contributed by atoms with Crippen LogP contribution in [0.1, 0.15) is 0 Å². The molecule has 0 saturated heterocycles. The maximum absolute atomic E-state index is 13.6. The van der Waals surface area contributed by atoms with E-state index in [0.29, 0.717) is 0 Å². The maximum atomic E-state index is 13.6. The van der Waals surface area contributed by atoms with Crippen molar-refractivity contribution in [3.05, 3.63) is 0 Å². The Hall–Kier alpha value is -0.950. The highest BCUT2D eigenvalue weighted by Gasteiger charge is 2.89. The van der Waals surface area contributed by atoms with Crippen molar-refractivity contribution >= 4 is 0 Å². The molecular formula is C8H5F13O. The third-order valence-electron chi connectivity index (χ3n) is 2.52. The van der Waals surface area contributed by atoms with E-state index in [9.17, 15) is 57.1 Å². The number of halogens is 13. The summed E-state index contributed by atoms with van der Waals surface area (Å²) in [6.07, 6.45) is -24.9. The molecule has 0 fully saturated rings. The third kappa shape index (κ3) is 2.69. The molecule has 0 bridgehead atoms. The number of rotatable bonds is 5. The molecule has 0 aromatic rings. The Kier molecular flexibility index (Phi) is 5.36. The lowest BCUT2D eigenvalue weighted by molar-refractivity contribution is -0.447. The summed E-state index contributed by atoms with van der Waals surface area (Å²) in [6, 6.07) is 0. The van der Waals surface area contributed by atoms with E-state index in [-0.39, 0.29) is 0 Å². The highest BCUT2D eigenvalue weighted by molar-refractivity contribution is 5.13. The van der Waals surface area contributed by atoms with Gasteiger partial charge in [-0.1, -0.05) is 0 Å². The van der Waals surface area contributed by atoms with E-state index in [1.165, 1.54) is 0 Å². The number of hydrogen-bond donors (Lipinski definition) is 0. The molecule has 3 unspecified atom stereocenters. The van der Waals surface area contributed by atoms with Crippen LogP contribution < -0.4 is 0 Å². The van der Waals surface area contributed by atoms with Crippen molar-refractivity contribution in [3.8, 4) is 0 Å². The minimum atomic E-state index is -7.31. The quantitative estimate of drug-likeness (QED) is 0.659. The van der Waals surface area contributed by atoms with Crippen molar-refractivity contribution in [2.45, 2.75) is 42.4 Å². The molecule has 0 saturated carbocycles. The largest absolute Gasteiger partial charge is 0.459 e. The van der Waals surface area contributed by atoms with Crippen molar-refractivity contribution in [2.75, 3.05) is 7.11 Å². The molecule has 0 aromatic carbocycles. The minimum Gasteiger partial charge on any atom is -0.341 e. The van der Waals surface area contributed by atoms with Crippen LogP contribution in [0.25, 0.3) is 0 Å². The molecule has 14 heteroatoms. The van der Waals surface area contributed by atoms with E-state index >= 15 is 0 Å². The lowest BCUT2D eigenvalue weighted by Gasteiger charge is -2.44. The van der Waals surface area contributed by atoms with Gasteiger partial charge in [0, 0.05) is 7.11 Å². The van der Waals surface area contributed by atoms with Gasteiger partial charge in [0.2, 0.25) is 6.17 Å². The SMILES string of the molecule is COC(F)(C(F)(F)C(F)(F)F)C(F)(C(F)C(F)F)C(F)(F)F. The van der Waals surface area contributed by atoms with Crippen LogP contribution in [0.2, 0.25) is 0 Å². The van der Waals surface area contributed by atoms with E-state index < -0.39 is 49.5 Å². The Bertz CT molecular complexity index is 386. The number of ether oxygens (including phenoxy) is 1. The molecule has 0 radical (unpaired) electrons. The van der Waals surface area contributed by atoms with Crippen LogP contribution in [-0.4, -0.2) is 49.5 Å². The van der Waals surface area contributed by atoms with E-state index in [4.69, 9.17) is 0 Å². The van der Waals surface area contributed by atoms with Crippen molar-refractivity contribution in [3.63, 3.8) is 0 Å². The van der Waals surface area contributed by atoms with Crippen LogP contribution >= 0.6 is 0 Å². The second kappa shape index (κ2) is 5.60. The van der Waals surface area contributed by atoms with Gasteiger partial charge in [-0.3, -0.25) is 0 Å². The fourth-order valence-corrected chi connectivity index (χ4v) is 1.38. The molecule has 0 amide bonds. The van der Waals surface area contributed by atoms with E-state index in [1.54, 1.807) is 0 Å². The van der Waals surface area contributed by atoms with Gasteiger partial charge in [-0.25, -0.2) is 22.0 Å². The Labute approximate surface area is 113 Å². The lowest BCUT2D eigenvalue weighted by Crippen LogP contribution is -2.74. The van der Waals surface area contributed by atoms with Crippen molar-refractivity contribution < 1.29 is 61.8 Å². The molecule has 3 atom stereocenters. The summed E-state index contributed by atoms with van der Waals surface area (Å²) in [5.74, 6) is -14.1. The normalized spacial score (nSPS) is 21.4. The van der Waals surface area contributed by atoms with Crippen LogP contribution in [-0.2, 0) is 4.74 Å². The molecule has 0 heterocycles. The molecule has 0 aliphatic rings. The van der Waals surface area contributed by atoms with Gasteiger partial charge in [0.15, 0.2) is 0 Å². The molecule has 0 aliphatic heterocycles. The number of alkyl halides is 13. The highest BCUT2D eigenvalue weighted by atomic mass is 19.4. The zero-order chi connectivity index (χ0) is 18.4. The van der Waals surface area contributed by atoms with Gasteiger partial charge < -0.3 is 4.74 Å². The predicted octanol–water partition coefficient (Wildman–Crippen LogP) is 4.37. The average molecular weight is 364 g/mol. The highest BCUT2D eigenvalue weighted by Crippen LogP contribution is 2.58. The van der Waals surface area contributed by atoms with Crippen LogP contribution in [0.15, 0.2) is 0 Å². The molecule has 22 heavy (non-hydrogen) atoms. The number of hydrogen-bond acceptors (Lipinski definition) is 1. The fraction of sp³-hybridized carbons (Fsp3) is 1.00. The standard InChI is InChI=1S/C8H5F13O/c1-22-6(15,5(13,14)8(19,20)21)4(12,7(16,17)18)2(9)3(10)11/h2-3H,1H3. The minimum absolute atomic E-state index is 0.599. The monoisotopic (exact) mass is 364 g/mol. The Morgan fingerprint density at radius 2 is 1.05 bits per heavy atom. The summed E-state index contributed by atoms with van der Waals surface area (Å²) in [6.45, 7) is 0. The van der Waals surface area contributed by atoms with Crippen LogP contribution in [0.3, 0.4) is 0 Å². The molecular weight excluding hydrogens is 359 g/mol. The van der Waals surface area contributed by atoms with Gasteiger partial charge in [-0.05, 0) is 0 Å². The summed E-state index contributed by atoms with van der Waals surface area (Å²) in [5, 5.41) is 0. The molecule has 134 valence electrons. The maximum Gasteiger partial charge on any atom is 0.459 e. The smallest absolute Gasteiger partial charge is 0.341 e. The van der Waals surface area contributed by atoms with E-state index in [1.807, 2.05) is 0 Å². The van der Waals surface area contributed by atoms with Gasteiger partial charge in [-0.2, -0.15) is 35.1 Å². The fourth-order valence-electron chi connectivity index (χ4n) is 1.38. The molecule has 0 spiro atoms. The third-order valence-corrected chi connectivity index (χ3v) is 2.52. The first kappa shape index (κ1) is 21.0. The summed E-state index contributed by atoms with van der Waals surface area (Å²) in [4.78, 5) is 0. The van der Waals surface area contributed by atoms with E-state index in [0.717, 1.165) is 0 Å². The van der Waals surface area contributed by atoms with Crippen LogP contribution in [0.4, 0.5) is 57.1 Å². The van der Waals surface area contributed by atoms with E-state index in [2.05, 4.69) is 4.74 Å². The zero-order valence-electron chi connectivity index (χ0n) is 9.98. The Balaban J connectivity index is 6.56. The van der Waals surface area contributed by atoms with Gasteiger partial charge in [0.25, 0.3) is 6.43 Å². The summed E-state index contributed by atoms with van der Waals surface area (Å²) >= 11 is 0. The summed E-state index contributed by atoms with van der Waals surface area (Å²) in [7, 11) is -0.599. The second-order valence-corrected chi connectivity index (χ2v) is 3.82. The van der Waals surface area contributed by atoms with Crippen molar-refractivity contribution in [2.24, 2.45) is 0 Å². The first-order valence-corrected chi connectivity index (χ1v) is 4.78. The topological polar surface area (TPSA) is 9.23 Å².